The van der Waals surface area contributed by atoms with Crippen LogP contribution in [-0.4, -0.2) is 30.1 Å². The van der Waals surface area contributed by atoms with Crippen molar-refractivity contribution in [3.63, 3.8) is 0 Å². The standard InChI is InChI=1S/C21H18N2O4S/c24-19(22-23-21(26)16-7-2-1-3-8-16)13-27-20(25)14-28-18-11-10-15-6-4-5-9-17(15)12-18/h1-12H,13-14H2,(H,22,24)(H,23,26). The third kappa shape index (κ3) is 5.59. The highest BCUT2D eigenvalue weighted by atomic mass is 32.2. The van der Waals surface area contributed by atoms with Crippen molar-refractivity contribution in [2.45, 2.75) is 4.90 Å². The lowest BCUT2D eigenvalue weighted by atomic mass is 10.1. The number of thioether (sulfide) groups is 1. The molecule has 0 saturated heterocycles. The summed E-state index contributed by atoms with van der Waals surface area (Å²) in [7, 11) is 0. The van der Waals surface area contributed by atoms with Gasteiger partial charge in [0.15, 0.2) is 6.61 Å². The molecule has 0 aliphatic carbocycles. The highest BCUT2D eigenvalue weighted by molar-refractivity contribution is 8.00. The molecule has 2 amide bonds. The van der Waals surface area contributed by atoms with Gasteiger partial charge in [-0.1, -0.05) is 48.5 Å². The molecular weight excluding hydrogens is 376 g/mol. The van der Waals surface area contributed by atoms with Crippen molar-refractivity contribution >= 4 is 40.3 Å². The molecule has 6 nitrogen and oxygen atoms in total. The van der Waals surface area contributed by atoms with E-state index < -0.39 is 24.4 Å². The maximum atomic E-state index is 11.8. The summed E-state index contributed by atoms with van der Waals surface area (Å²) in [6.07, 6.45) is 0. The molecule has 0 aliphatic heterocycles. The Morgan fingerprint density at radius 2 is 1.54 bits per heavy atom. The SMILES string of the molecule is O=C(COC(=O)CSc1ccc2ccccc2c1)NNC(=O)c1ccccc1. The molecular formula is C21H18N2O4S. The number of amides is 2. The van der Waals surface area contributed by atoms with Crippen LogP contribution in [0.1, 0.15) is 10.4 Å². The van der Waals surface area contributed by atoms with E-state index in [0.29, 0.717) is 5.56 Å². The number of carbonyl (C=O) groups is 3. The maximum absolute atomic E-state index is 11.8. The van der Waals surface area contributed by atoms with Gasteiger partial charge in [-0.2, -0.15) is 0 Å². The number of esters is 1. The number of rotatable bonds is 6. The molecule has 0 bridgehead atoms. The van der Waals surface area contributed by atoms with Crippen molar-refractivity contribution in [3.05, 3.63) is 78.4 Å². The van der Waals surface area contributed by atoms with Gasteiger partial charge in [0.2, 0.25) is 0 Å². The van der Waals surface area contributed by atoms with E-state index in [2.05, 4.69) is 10.9 Å². The van der Waals surface area contributed by atoms with Crippen LogP contribution in [-0.2, 0) is 14.3 Å². The Bertz CT molecular complexity index is 992. The first-order valence-corrected chi connectivity index (χ1v) is 9.52. The predicted molar refractivity (Wildman–Crippen MR) is 108 cm³/mol. The van der Waals surface area contributed by atoms with Crippen LogP contribution < -0.4 is 10.9 Å². The third-order valence-electron chi connectivity index (χ3n) is 3.79. The van der Waals surface area contributed by atoms with E-state index in [1.54, 1.807) is 30.3 Å². The highest BCUT2D eigenvalue weighted by Gasteiger charge is 2.10. The molecule has 0 aliphatic rings. The molecule has 28 heavy (non-hydrogen) atoms. The average molecular weight is 394 g/mol. The van der Waals surface area contributed by atoms with Crippen molar-refractivity contribution in [2.75, 3.05) is 12.4 Å². The lowest BCUT2D eigenvalue weighted by Crippen LogP contribution is -2.43. The first kappa shape index (κ1) is 19.4. The van der Waals surface area contributed by atoms with Crippen LogP contribution in [0.5, 0.6) is 0 Å². The summed E-state index contributed by atoms with van der Waals surface area (Å²) in [5.74, 6) is -1.50. The van der Waals surface area contributed by atoms with Gasteiger partial charge in [0.05, 0.1) is 5.75 Å². The normalized spacial score (nSPS) is 10.3. The van der Waals surface area contributed by atoms with E-state index in [1.165, 1.54) is 11.8 Å². The number of fused-ring (bicyclic) bond motifs is 1. The number of ether oxygens (including phenoxy) is 1. The second kappa shape index (κ2) is 9.57. The Morgan fingerprint density at radius 1 is 0.821 bits per heavy atom. The molecule has 0 spiro atoms. The Morgan fingerprint density at radius 3 is 2.32 bits per heavy atom. The van der Waals surface area contributed by atoms with E-state index in [9.17, 15) is 14.4 Å². The van der Waals surface area contributed by atoms with Gasteiger partial charge in [-0.15, -0.1) is 11.8 Å². The van der Waals surface area contributed by atoms with Crippen molar-refractivity contribution in [1.82, 2.24) is 10.9 Å². The number of hydrogen-bond acceptors (Lipinski definition) is 5. The molecule has 0 unspecified atom stereocenters. The number of benzene rings is 3. The lowest BCUT2D eigenvalue weighted by Gasteiger charge is -2.08. The predicted octanol–water partition coefficient (Wildman–Crippen LogP) is 2.94. The van der Waals surface area contributed by atoms with Gasteiger partial charge < -0.3 is 4.74 Å². The number of carbonyl (C=O) groups excluding carboxylic acids is 3. The van der Waals surface area contributed by atoms with Gasteiger partial charge in [0.1, 0.15) is 0 Å². The number of hydrogen-bond donors (Lipinski definition) is 2. The molecule has 0 saturated carbocycles. The van der Waals surface area contributed by atoms with E-state index in [-0.39, 0.29) is 5.75 Å². The van der Waals surface area contributed by atoms with Crippen molar-refractivity contribution in [3.8, 4) is 0 Å². The van der Waals surface area contributed by atoms with Crippen LogP contribution in [0.2, 0.25) is 0 Å². The fourth-order valence-corrected chi connectivity index (χ4v) is 3.15. The third-order valence-corrected chi connectivity index (χ3v) is 4.76. The van der Waals surface area contributed by atoms with Gasteiger partial charge >= 0.3 is 5.97 Å². The second-order valence-corrected chi connectivity index (χ2v) is 6.88. The molecule has 0 heterocycles. The largest absolute Gasteiger partial charge is 0.455 e. The molecule has 0 aromatic heterocycles. The molecule has 3 aromatic rings. The Labute approximate surface area is 166 Å². The first-order chi connectivity index (χ1) is 13.6. The summed E-state index contributed by atoms with van der Waals surface area (Å²) in [5.41, 5.74) is 4.88. The molecule has 142 valence electrons. The minimum atomic E-state index is -0.617. The number of hydrazine groups is 1. The Hall–Kier alpha value is -3.32. The van der Waals surface area contributed by atoms with Gasteiger partial charge in [-0.3, -0.25) is 25.2 Å². The molecule has 0 fully saturated rings. The zero-order valence-electron chi connectivity index (χ0n) is 14.9. The van der Waals surface area contributed by atoms with E-state index >= 15 is 0 Å². The van der Waals surface area contributed by atoms with Gasteiger partial charge in [-0.05, 0) is 35.0 Å². The summed E-state index contributed by atoms with van der Waals surface area (Å²) >= 11 is 1.33. The van der Waals surface area contributed by atoms with E-state index in [0.717, 1.165) is 15.7 Å². The number of nitrogens with one attached hydrogen (secondary N) is 2. The van der Waals surface area contributed by atoms with Crippen LogP contribution in [0.4, 0.5) is 0 Å². The Kier molecular flexibility index (Phi) is 6.64. The zero-order valence-corrected chi connectivity index (χ0v) is 15.7. The van der Waals surface area contributed by atoms with Crippen molar-refractivity contribution in [2.24, 2.45) is 0 Å². The second-order valence-electron chi connectivity index (χ2n) is 5.83. The first-order valence-electron chi connectivity index (χ1n) is 8.53. The fraction of sp³-hybridized carbons (Fsp3) is 0.0952. The molecule has 0 atom stereocenters. The minimum absolute atomic E-state index is 0.0853. The van der Waals surface area contributed by atoms with Gasteiger partial charge in [0, 0.05) is 10.5 Å². The molecule has 2 N–H and O–H groups in total. The molecule has 3 aromatic carbocycles. The summed E-state index contributed by atoms with van der Waals surface area (Å²) in [6, 6.07) is 22.3. The summed E-state index contributed by atoms with van der Waals surface area (Å²) in [5, 5.41) is 2.22. The lowest BCUT2D eigenvalue weighted by molar-refractivity contribution is -0.146. The van der Waals surface area contributed by atoms with E-state index in [4.69, 9.17) is 4.74 Å². The summed E-state index contributed by atoms with van der Waals surface area (Å²) in [6.45, 7) is -0.466. The monoisotopic (exact) mass is 394 g/mol. The minimum Gasteiger partial charge on any atom is -0.455 e. The summed E-state index contributed by atoms with van der Waals surface area (Å²) in [4.78, 5) is 36.3. The van der Waals surface area contributed by atoms with Crippen LogP contribution in [0, 0.1) is 0 Å². The zero-order chi connectivity index (χ0) is 19.8. The van der Waals surface area contributed by atoms with E-state index in [1.807, 2.05) is 42.5 Å². The van der Waals surface area contributed by atoms with Crippen LogP contribution in [0.25, 0.3) is 10.8 Å². The van der Waals surface area contributed by atoms with Crippen LogP contribution in [0.15, 0.2) is 77.7 Å². The smallest absolute Gasteiger partial charge is 0.316 e. The summed E-state index contributed by atoms with van der Waals surface area (Å²) < 4.78 is 4.93. The van der Waals surface area contributed by atoms with Crippen molar-refractivity contribution in [1.29, 1.82) is 0 Å². The van der Waals surface area contributed by atoms with Crippen molar-refractivity contribution < 1.29 is 19.1 Å². The Balaban J connectivity index is 1.38. The van der Waals surface area contributed by atoms with Crippen LogP contribution in [0.3, 0.4) is 0 Å². The molecule has 0 radical (unpaired) electrons. The highest BCUT2D eigenvalue weighted by Crippen LogP contribution is 2.23. The molecule has 3 rings (SSSR count). The average Bonchev–Trinajstić information content (AvgIpc) is 2.75. The quantitative estimate of drug-likeness (QED) is 0.382. The molecule has 7 heteroatoms. The van der Waals surface area contributed by atoms with Crippen LogP contribution >= 0.6 is 11.8 Å². The maximum Gasteiger partial charge on any atom is 0.316 e. The van der Waals surface area contributed by atoms with Gasteiger partial charge in [-0.25, -0.2) is 0 Å². The van der Waals surface area contributed by atoms with Gasteiger partial charge in [0.25, 0.3) is 11.8 Å². The topological polar surface area (TPSA) is 84.5 Å². The fourth-order valence-electron chi connectivity index (χ4n) is 2.41.